The van der Waals surface area contributed by atoms with E-state index in [0.29, 0.717) is 16.6 Å². The van der Waals surface area contributed by atoms with Crippen molar-refractivity contribution in [3.63, 3.8) is 0 Å². The molecule has 0 atom stereocenters. The molecule has 0 spiro atoms. The Morgan fingerprint density at radius 1 is 1.10 bits per heavy atom. The van der Waals surface area contributed by atoms with E-state index in [9.17, 15) is 14.4 Å². The second kappa shape index (κ2) is 8.11. The number of anilines is 1. The molecule has 30 heavy (non-hydrogen) atoms. The number of hydrogen-bond donors (Lipinski definition) is 2. The zero-order valence-corrected chi connectivity index (χ0v) is 17.6. The lowest BCUT2D eigenvalue weighted by Gasteiger charge is -2.10. The number of hydrogen-bond acceptors (Lipinski definition) is 4. The molecule has 0 saturated carbocycles. The van der Waals surface area contributed by atoms with E-state index in [0.717, 1.165) is 15.9 Å². The van der Waals surface area contributed by atoms with E-state index in [4.69, 9.17) is 0 Å². The highest BCUT2D eigenvalue weighted by atomic mass is 79.9. The molecule has 0 bridgehead atoms. The van der Waals surface area contributed by atoms with Crippen molar-refractivity contribution < 1.29 is 4.79 Å². The molecule has 0 unspecified atom stereocenters. The molecule has 0 aliphatic carbocycles. The number of H-pyrrole nitrogens is 1. The van der Waals surface area contributed by atoms with Crippen LogP contribution >= 0.6 is 15.9 Å². The van der Waals surface area contributed by atoms with Crippen molar-refractivity contribution in [3.05, 3.63) is 85.5 Å². The van der Waals surface area contributed by atoms with Crippen molar-refractivity contribution in [1.82, 2.24) is 19.6 Å². The molecule has 0 aliphatic heterocycles. The van der Waals surface area contributed by atoms with Gasteiger partial charge in [-0.25, -0.2) is 9.36 Å². The van der Waals surface area contributed by atoms with Crippen LogP contribution < -0.4 is 16.4 Å². The summed E-state index contributed by atoms with van der Waals surface area (Å²) in [7, 11) is 0. The number of nitrogens with one attached hydrogen (secondary N) is 2. The van der Waals surface area contributed by atoms with E-state index in [1.807, 2.05) is 31.2 Å². The number of aromatic nitrogens is 4. The highest BCUT2D eigenvalue weighted by Crippen LogP contribution is 2.20. The first-order valence-electron chi connectivity index (χ1n) is 9.27. The van der Waals surface area contributed by atoms with Gasteiger partial charge in [-0.2, -0.15) is 5.10 Å². The summed E-state index contributed by atoms with van der Waals surface area (Å²) in [5.41, 5.74) is 0.838. The molecule has 0 fully saturated rings. The van der Waals surface area contributed by atoms with Crippen LogP contribution in [0.1, 0.15) is 12.1 Å². The average Bonchev–Trinajstić information content (AvgIpc) is 3.09. The van der Waals surface area contributed by atoms with Gasteiger partial charge < -0.3 is 5.32 Å². The van der Waals surface area contributed by atoms with Crippen molar-refractivity contribution in [3.8, 4) is 5.69 Å². The van der Waals surface area contributed by atoms with Gasteiger partial charge in [0.25, 0.3) is 11.1 Å². The smallest absolute Gasteiger partial charge is 0.273 e. The molecule has 2 aromatic heterocycles. The third kappa shape index (κ3) is 3.97. The predicted octanol–water partition coefficient (Wildman–Crippen LogP) is 2.98. The maximum Gasteiger partial charge on any atom is 0.273 e. The molecule has 9 heteroatoms. The molecule has 2 N–H and O–H groups in total. The fraction of sp³-hybridized carbons (Fsp3) is 0.143. The van der Waals surface area contributed by atoms with Crippen molar-refractivity contribution in [2.75, 3.05) is 5.32 Å². The number of aryl methyl sites for hydroxylation is 2. The molecule has 152 valence electrons. The van der Waals surface area contributed by atoms with Gasteiger partial charge in [-0.05, 0) is 37.3 Å². The van der Waals surface area contributed by atoms with Crippen molar-refractivity contribution in [2.45, 2.75) is 19.9 Å². The number of halogens is 1. The average molecular weight is 468 g/mol. The van der Waals surface area contributed by atoms with Crippen molar-refractivity contribution >= 4 is 38.4 Å². The van der Waals surface area contributed by atoms with Crippen molar-refractivity contribution in [2.24, 2.45) is 0 Å². The number of benzene rings is 2. The number of rotatable bonds is 5. The molecule has 8 nitrogen and oxygen atoms in total. The SMILES string of the molecule is Cc1cc(NC(=O)CCn2[nH]c(=O)c3ccccc3c2=O)n(-c2cccc(Br)c2)n1. The number of aromatic amines is 1. The van der Waals surface area contributed by atoms with Gasteiger partial charge in [-0.15, -0.1) is 0 Å². The standard InChI is InChI=1S/C21H18BrN5O3/c1-13-11-18(27(24-13)15-6-4-5-14(22)12-15)23-19(28)9-10-26-21(30)17-8-3-2-7-16(17)20(29)25-26/h2-8,11-12H,9-10H2,1H3,(H,23,28)(H,25,29). The Bertz CT molecular complexity index is 1370. The predicted molar refractivity (Wildman–Crippen MR) is 118 cm³/mol. The molecule has 1 amide bonds. The Balaban J connectivity index is 1.53. The number of amides is 1. The largest absolute Gasteiger partial charge is 0.311 e. The van der Waals surface area contributed by atoms with Crippen LogP contribution in [0.5, 0.6) is 0 Å². The Morgan fingerprint density at radius 2 is 1.87 bits per heavy atom. The normalized spacial score (nSPS) is 11.0. The van der Waals surface area contributed by atoms with Gasteiger partial charge in [-0.3, -0.25) is 19.5 Å². The van der Waals surface area contributed by atoms with E-state index in [1.54, 1.807) is 35.0 Å². The lowest BCUT2D eigenvalue weighted by Crippen LogP contribution is -2.31. The summed E-state index contributed by atoms with van der Waals surface area (Å²) in [6, 6.07) is 15.9. The van der Waals surface area contributed by atoms with Gasteiger partial charge in [0, 0.05) is 17.0 Å². The lowest BCUT2D eigenvalue weighted by atomic mass is 10.2. The minimum atomic E-state index is -0.367. The zero-order valence-electron chi connectivity index (χ0n) is 16.1. The van der Waals surface area contributed by atoms with Crippen LogP contribution in [0.2, 0.25) is 0 Å². The summed E-state index contributed by atoms with van der Waals surface area (Å²) in [5.74, 6) is 0.224. The second-order valence-electron chi connectivity index (χ2n) is 6.80. The van der Waals surface area contributed by atoms with Gasteiger partial charge in [0.2, 0.25) is 5.91 Å². The molecular formula is C21H18BrN5O3. The molecule has 0 radical (unpaired) electrons. The first-order chi connectivity index (χ1) is 14.4. The molecule has 0 aliphatic rings. The molecular weight excluding hydrogens is 450 g/mol. The Labute approximate surface area is 179 Å². The third-order valence-electron chi connectivity index (χ3n) is 4.60. The van der Waals surface area contributed by atoms with E-state index in [2.05, 4.69) is 31.4 Å². The molecule has 4 rings (SSSR count). The quantitative estimate of drug-likeness (QED) is 0.470. The van der Waals surface area contributed by atoms with Crippen LogP contribution in [0, 0.1) is 6.92 Å². The van der Waals surface area contributed by atoms with Gasteiger partial charge in [-0.1, -0.05) is 34.1 Å². The lowest BCUT2D eigenvalue weighted by molar-refractivity contribution is -0.116. The van der Waals surface area contributed by atoms with E-state index in [-0.39, 0.29) is 30.0 Å². The summed E-state index contributed by atoms with van der Waals surface area (Å²) in [6.07, 6.45) is 0.0108. The van der Waals surface area contributed by atoms with Gasteiger partial charge in [0.05, 0.1) is 28.7 Å². The van der Waals surface area contributed by atoms with Crippen LogP contribution in [-0.4, -0.2) is 25.5 Å². The molecule has 2 heterocycles. The molecule has 4 aromatic rings. The van der Waals surface area contributed by atoms with Gasteiger partial charge in [0.15, 0.2) is 0 Å². The monoisotopic (exact) mass is 467 g/mol. The van der Waals surface area contributed by atoms with E-state index >= 15 is 0 Å². The van der Waals surface area contributed by atoms with Crippen LogP contribution in [0.3, 0.4) is 0 Å². The first kappa shape index (κ1) is 19.8. The highest BCUT2D eigenvalue weighted by Gasteiger charge is 2.13. The summed E-state index contributed by atoms with van der Waals surface area (Å²) >= 11 is 3.43. The van der Waals surface area contributed by atoms with Gasteiger partial charge in [0.1, 0.15) is 5.82 Å². The molecule has 0 saturated heterocycles. The van der Waals surface area contributed by atoms with Gasteiger partial charge >= 0.3 is 0 Å². The first-order valence-corrected chi connectivity index (χ1v) is 10.1. The maximum atomic E-state index is 12.6. The Morgan fingerprint density at radius 3 is 2.63 bits per heavy atom. The third-order valence-corrected chi connectivity index (χ3v) is 5.09. The summed E-state index contributed by atoms with van der Waals surface area (Å²) in [4.78, 5) is 37.3. The number of nitrogens with zero attached hydrogens (tertiary/aromatic N) is 3. The maximum absolute atomic E-state index is 12.6. The van der Waals surface area contributed by atoms with E-state index in [1.165, 1.54) is 4.68 Å². The zero-order chi connectivity index (χ0) is 21.3. The summed E-state index contributed by atoms with van der Waals surface area (Å²) in [5, 5.41) is 10.4. The summed E-state index contributed by atoms with van der Waals surface area (Å²) < 4.78 is 3.70. The van der Waals surface area contributed by atoms with Crippen molar-refractivity contribution in [1.29, 1.82) is 0 Å². The fourth-order valence-corrected chi connectivity index (χ4v) is 3.60. The second-order valence-corrected chi connectivity index (χ2v) is 7.72. The number of carbonyl (C=O) groups excluding carboxylic acids is 1. The minimum Gasteiger partial charge on any atom is -0.311 e. The number of carbonyl (C=O) groups is 1. The molecule has 2 aromatic carbocycles. The number of fused-ring (bicyclic) bond motifs is 1. The Hall–Kier alpha value is -3.46. The van der Waals surface area contributed by atoms with Crippen LogP contribution in [0.25, 0.3) is 16.5 Å². The van der Waals surface area contributed by atoms with E-state index < -0.39 is 0 Å². The minimum absolute atomic E-state index is 0.0108. The van der Waals surface area contributed by atoms with Crippen LogP contribution in [0.4, 0.5) is 5.82 Å². The highest BCUT2D eigenvalue weighted by molar-refractivity contribution is 9.10. The van der Waals surface area contributed by atoms with Crippen LogP contribution in [-0.2, 0) is 11.3 Å². The Kier molecular flexibility index (Phi) is 5.37. The topological polar surface area (TPSA) is 102 Å². The van der Waals surface area contributed by atoms with Crippen LogP contribution in [0.15, 0.2) is 68.7 Å². The summed E-state index contributed by atoms with van der Waals surface area (Å²) in [6.45, 7) is 1.89. The fourth-order valence-electron chi connectivity index (χ4n) is 3.22.